The van der Waals surface area contributed by atoms with Gasteiger partial charge in [0.05, 0.1) is 11.4 Å². The molecule has 2 unspecified atom stereocenters. The van der Waals surface area contributed by atoms with Crippen molar-refractivity contribution in [3.05, 3.63) is 30.1 Å². The second-order valence-corrected chi connectivity index (χ2v) is 6.15. The molecule has 1 aromatic carbocycles. The number of hydrogen-bond acceptors (Lipinski definition) is 3. The summed E-state index contributed by atoms with van der Waals surface area (Å²) in [6.07, 6.45) is 0.667. The highest BCUT2D eigenvalue weighted by Gasteiger charge is 2.38. The monoisotopic (exact) mass is 244 g/mol. The fourth-order valence-electron chi connectivity index (χ4n) is 2.11. The fraction of sp³-hybridized carbons (Fsp3) is 0.455. The van der Waals surface area contributed by atoms with Crippen LogP contribution in [0.25, 0.3) is 0 Å². The Hall–Kier alpha value is -0.940. The second-order valence-electron chi connectivity index (χ2n) is 4.01. The zero-order valence-electron chi connectivity index (χ0n) is 8.64. The van der Waals surface area contributed by atoms with E-state index in [0.29, 0.717) is 19.3 Å². The Morgan fingerprint density at radius 3 is 2.50 bits per heavy atom. The van der Waals surface area contributed by atoms with Crippen molar-refractivity contribution in [2.75, 3.05) is 0 Å². The zero-order valence-corrected chi connectivity index (χ0v) is 9.45. The quantitative estimate of drug-likeness (QED) is 0.858. The number of sulfone groups is 1. The van der Waals surface area contributed by atoms with Gasteiger partial charge in [0.25, 0.3) is 0 Å². The standard InChI is InChI=1S/C11H13FO3S/c12-8-4-1-2-6-10(8)16(14,15)11-7-3-5-9(11)13/h1-2,4,6,9,11,13H,3,5,7H2. The minimum Gasteiger partial charge on any atom is -0.392 e. The minimum atomic E-state index is -3.74. The fourth-order valence-corrected chi connectivity index (χ4v) is 4.07. The van der Waals surface area contributed by atoms with Gasteiger partial charge in [0.15, 0.2) is 9.84 Å². The molecule has 1 aliphatic rings. The SMILES string of the molecule is O=S(=O)(c1ccccc1F)C1CCCC1O. The summed E-state index contributed by atoms with van der Waals surface area (Å²) >= 11 is 0. The van der Waals surface area contributed by atoms with Crippen molar-refractivity contribution < 1.29 is 17.9 Å². The highest BCUT2D eigenvalue weighted by Crippen LogP contribution is 2.30. The molecule has 1 N–H and O–H groups in total. The average molecular weight is 244 g/mol. The Labute approximate surface area is 93.8 Å². The van der Waals surface area contributed by atoms with E-state index in [-0.39, 0.29) is 4.90 Å². The predicted octanol–water partition coefficient (Wildman–Crippen LogP) is 1.51. The van der Waals surface area contributed by atoms with E-state index in [4.69, 9.17) is 0 Å². The van der Waals surface area contributed by atoms with Crippen LogP contribution in [0.3, 0.4) is 0 Å². The number of aliphatic hydroxyl groups is 1. The molecule has 88 valence electrons. The summed E-state index contributed by atoms with van der Waals surface area (Å²) < 4.78 is 37.5. The molecule has 0 saturated heterocycles. The van der Waals surface area contributed by atoms with E-state index in [1.54, 1.807) is 0 Å². The first kappa shape index (κ1) is 11.5. The summed E-state index contributed by atoms with van der Waals surface area (Å²) in [5.74, 6) is -0.749. The van der Waals surface area contributed by atoms with E-state index < -0.39 is 27.0 Å². The average Bonchev–Trinajstić information content (AvgIpc) is 2.65. The molecule has 0 amide bonds. The molecule has 2 atom stereocenters. The minimum absolute atomic E-state index is 0.305. The van der Waals surface area contributed by atoms with Gasteiger partial charge in [-0.2, -0.15) is 0 Å². The Bertz CT molecular complexity index is 484. The smallest absolute Gasteiger partial charge is 0.186 e. The number of hydrogen-bond donors (Lipinski definition) is 1. The predicted molar refractivity (Wildman–Crippen MR) is 57.2 cm³/mol. The molecule has 3 nitrogen and oxygen atoms in total. The molecule has 2 rings (SSSR count). The number of aliphatic hydroxyl groups excluding tert-OH is 1. The van der Waals surface area contributed by atoms with E-state index in [0.717, 1.165) is 6.07 Å². The molecule has 5 heteroatoms. The lowest BCUT2D eigenvalue weighted by atomic mass is 10.3. The third-order valence-electron chi connectivity index (χ3n) is 2.96. The van der Waals surface area contributed by atoms with Gasteiger partial charge in [-0.3, -0.25) is 0 Å². The highest BCUT2D eigenvalue weighted by atomic mass is 32.2. The van der Waals surface area contributed by atoms with E-state index >= 15 is 0 Å². The first-order chi connectivity index (χ1) is 7.53. The summed E-state index contributed by atoms with van der Waals surface area (Å²) in [5, 5.41) is 8.72. The number of rotatable bonds is 2. The van der Waals surface area contributed by atoms with Gasteiger partial charge in [-0.1, -0.05) is 12.1 Å². The van der Waals surface area contributed by atoms with Crippen LogP contribution >= 0.6 is 0 Å². The second kappa shape index (κ2) is 4.14. The molecule has 1 fully saturated rings. The van der Waals surface area contributed by atoms with Crippen molar-refractivity contribution in [3.8, 4) is 0 Å². The summed E-state index contributed by atoms with van der Waals surface area (Å²) in [4.78, 5) is -0.305. The summed E-state index contributed by atoms with van der Waals surface area (Å²) in [6, 6.07) is 5.29. The van der Waals surface area contributed by atoms with Crippen LogP contribution in [-0.2, 0) is 9.84 Å². The Kier molecular flexibility index (Phi) is 2.99. The van der Waals surface area contributed by atoms with E-state index in [2.05, 4.69) is 0 Å². The Morgan fingerprint density at radius 1 is 1.25 bits per heavy atom. The van der Waals surface area contributed by atoms with Crippen molar-refractivity contribution in [1.29, 1.82) is 0 Å². The van der Waals surface area contributed by atoms with Crippen LogP contribution in [0, 0.1) is 5.82 Å². The van der Waals surface area contributed by atoms with Crippen molar-refractivity contribution in [2.45, 2.75) is 35.5 Å². The molecule has 0 aliphatic heterocycles. The van der Waals surface area contributed by atoms with Gasteiger partial charge in [0.2, 0.25) is 0 Å². The lowest BCUT2D eigenvalue weighted by molar-refractivity contribution is 0.185. The van der Waals surface area contributed by atoms with Crippen LogP contribution < -0.4 is 0 Å². The van der Waals surface area contributed by atoms with Gasteiger partial charge >= 0.3 is 0 Å². The number of benzene rings is 1. The van der Waals surface area contributed by atoms with Crippen LogP contribution in [-0.4, -0.2) is 24.9 Å². The first-order valence-electron chi connectivity index (χ1n) is 5.20. The Morgan fingerprint density at radius 2 is 1.94 bits per heavy atom. The maximum Gasteiger partial charge on any atom is 0.186 e. The highest BCUT2D eigenvalue weighted by molar-refractivity contribution is 7.92. The summed E-state index contributed by atoms with van der Waals surface area (Å²) in [7, 11) is -3.74. The van der Waals surface area contributed by atoms with Crippen LogP contribution in [0.4, 0.5) is 4.39 Å². The Balaban J connectivity index is 2.43. The van der Waals surface area contributed by atoms with Crippen molar-refractivity contribution in [3.63, 3.8) is 0 Å². The van der Waals surface area contributed by atoms with E-state index in [1.165, 1.54) is 18.2 Å². The topological polar surface area (TPSA) is 54.4 Å². The molecular weight excluding hydrogens is 231 g/mol. The largest absolute Gasteiger partial charge is 0.392 e. The zero-order chi connectivity index (χ0) is 11.8. The molecule has 1 aliphatic carbocycles. The lowest BCUT2D eigenvalue weighted by Gasteiger charge is -2.15. The molecule has 1 aromatic rings. The third kappa shape index (κ3) is 1.85. The van der Waals surface area contributed by atoms with Crippen LogP contribution in [0.2, 0.25) is 0 Å². The maximum atomic E-state index is 13.4. The first-order valence-corrected chi connectivity index (χ1v) is 6.74. The van der Waals surface area contributed by atoms with Gasteiger partial charge in [0, 0.05) is 0 Å². The molecule has 0 radical (unpaired) electrons. The summed E-state index contributed by atoms with van der Waals surface area (Å²) in [6.45, 7) is 0. The van der Waals surface area contributed by atoms with E-state index in [9.17, 15) is 17.9 Å². The van der Waals surface area contributed by atoms with Crippen molar-refractivity contribution >= 4 is 9.84 Å². The van der Waals surface area contributed by atoms with Crippen LogP contribution in [0.5, 0.6) is 0 Å². The summed E-state index contributed by atoms with van der Waals surface area (Å²) in [5.41, 5.74) is 0. The van der Waals surface area contributed by atoms with Crippen LogP contribution in [0.15, 0.2) is 29.2 Å². The van der Waals surface area contributed by atoms with Crippen molar-refractivity contribution in [2.24, 2.45) is 0 Å². The van der Waals surface area contributed by atoms with Gasteiger partial charge < -0.3 is 5.11 Å². The normalized spacial score (nSPS) is 25.9. The van der Waals surface area contributed by atoms with Gasteiger partial charge in [-0.25, -0.2) is 12.8 Å². The molecule has 0 aromatic heterocycles. The molecule has 0 spiro atoms. The van der Waals surface area contributed by atoms with Crippen molar-refractivity contribution in [1.82, 2.24) is 0 Å². The third-order valence-corrected chi connectivity index (χ3v) is 5.25. The molecule has 0 heterocycles. The molecule has 0 bridgehead atoms. The van der Waals surface area contributed by atoms with Gasteiger partial charge in [-0.15, -0.1) is 0 Å². The molecule has 16 heavy (non-hydrogen) atoms. The molecule has 1 saturated carbocycles. The molecular formula is C11H13FO3S. The van der Waals surface area contributed by atoms with Crippen LogP contribution in [0.1, 0.15) is 19.3 Å². The van der Waals surface area contributed by atoms with Gasteiger partial charge in [-0.05, 0) is 31.4 Å². The number of halogens is 1. The lowest BCUT2D eigenvalue weighted by Crippen LogP contribution is -2.29. The van der Waals surface area contributed by atoms with Gasteiger partial charge in [0.1, 0.15) is 10.7 Å². The maximum absolute atomic E-state index is 13.4. The van der Waals surface area contributed by atoms with E-state index in [1.807, 2.05) is 0 Å².